The SMILES string of the molecule is CC(C)Oc1cccc(C(=O)NCC2(O)CCCCC2)c1. The molecule has 21 heavy (non-hydrogen) atoms. The highest BCUT2D eigenvalue weighted by atomic mass is 16.5. The van der Waals surface area contributed by atoms with Crippen LogP contribution in [0.4, 0.5) is 0 Å². The van der Waals surface area contributed by atoms with Gasteiger partial charge < -0.3 is 15.2 Å². The highest BCUT2D eigenvalue weighted by Crippen LogP contribution is 2.27. The Balaban J connectivity index is 1.93. The molecule has 1 aliphatic rings. The van der Waals surface area contributed by atoms with Gasteiger partial charge in [-0.15, -0.1) is 0 Å². The number of hydrogen-bond acceptors (Lipinski definition) is 3. The molecule has 1 amide bonds. The molecule has 1 aromatic carbocycles. The number of carbonyl (C=O) groups excluding carboxylic acids is 1. The van der Waals surface area contributed by atoms with Crippen LogP contribution in [0.3, 0.4) is 0 Å². The van der Waals surface area contributed by atoms with Crippen molar-refractivity contribution in [2.24, 2.45) is 0 Å². The fourth-order valence-corrected chi connectivity index (χ4v) is 2.72. The van der Waals surface area contributed by atoms with E-state index < -0.39 is 5.60 Å². The molecule has 1 aromatic rings. The van der Waals surface area contributed by atoms with Crippen LogP contribution < -0.4 is 10.1 Å². The van der Waals surface area contributed by atoms with Gasteiger partial charge in [0.2, 0.25) is 0 Å². The van der Waals surface area contributed by atoms with E-state index in [1.807, 2.05) is 26.0 Å². The summed E-state index contributed by atoms with van der Waals surface area (Å²) in [6, 6.07) is 7.14. The molecule has 0 saturated heterocycles. The lowest BCUT2D eigenvalue weighted by atomic mass is 9.85. The lowest BCUT2D eigenvalue weighted by molar-refractivity contribution is 0.00525. The first-order valence-electron chi connectivity index (χ1n) is 7.76. The van der Waals surface area contributed by atoms with Gasteiger partial charge in [0.1, 0.15) is 5.75 Å². The summed E-state index contributed by atoms with van der Waals surface area (Å²) in [5.74, 6) is 0.525. The van der Waals surface area contributed by atoms with E-state index in [0.29, 0.717) is 17.9 Å². The summed E-state index contributed by atoms with van der Waals surface area (Å²) >= 11 is 0. The number of hydrogen-bond donors (Lipinski definition) is 2. The number of carbonyl (C=O) groups is 1. The van der Waals surface area contributed by atoms with E-state index in [-0.39, 0.29) is 12.0 Å². The van der Waals surface area contributed by atoms with Crippen LogP contribution in [0.5, 0.6) is 5.75 Å². The van der Waals surface area contributed by atoms with Crippen LogP contribution in [0, 0.1) is 0 Å². The van der Waals surface area contributed by atoms with Crippen molar-refractivity contribution < 1.29 is 14.6 Å². The molecule has 4 nitrogen and oxygen atoms in total. The first kappa shape index (κ1) is 15.8. The minimum absolute atomic E-state index is 0.0752. The van der Waals surface area contributed by atoms with Crippen LogP contribution in [-0.2, 0) is 0 Å². The first-order chi connectivity index (χ1) is 9.98. The van der Waals surface area contributed by atoms with Crippen LogP contribution in [-0.4, -0.2) is 29.3 Å². The van der Waals surface area contributed by atoms with Crippen LogP contribution in [0.25, 0.3) is 0 Å². The van der Waals surface area contributed by atoms with Crippen LogP contribution in [0.15, 0.2) is 24.3 Å². The second-order valence-corrected chi connectivity index (χ2v) is 6.16. The lowest BCUT2D eigenvalue weighted by Gasteiger charge is -2.32. The van der Waals surface area contributed by atoms with E-state index in [2.05, 4.69) is 5.32 Å². The molecule has 0 spiro atoms. The zero-order valence-corrected chi connectivity index (χ0v) is 12.9. The van der Waals surface area contributed by atoms with Gasteiger partial charge in [-0.25, -0.2) is 0 Å². The molecular weight excluding hydrogens is 266 g/mol. The summed E-state index contributed by atoms with van der Waals surface area (Å²) in [6.45, 7) is 4.22. The molecular formula is C17H25NO3. The topological polar surface area (TPSA) is 58.6 Å². The maximum Gasteiger partial charge on any atom is 0.251 e. The zero-order valence-electron chi connectivity index (χ0n) is 12.9. The molecule has 0 bridgehead atoms. The van der Waals surface area contributed by atoms with Crippen molar-refractivity contribution in [3.63, 3.8) is 0 Å². The monoisotopic (exact) mass is 291 g/mol. The Hall–Kier alpha value is -1.55. The van der Waals surface area contributed by atoms with Gasteiger partial charge in [-0.2, -0.15) is 0 Å². The maximum absolute atomic E-state index is 12.2. The van der Waals surface area contributed by atoms with Gasteiger partial charge in [0.05, 0.1) is 11.7 Å². The summed E-state index contributed by atoms with van der Waals surface area (Å²) in [5.41, 5.74) is -0.174. The highest BCUT2D eigenvalue weighted by Gasteiger charge is 2.29. The largest absolute Gasteiger partial charge is 0.491 e. The van der Waals surface area contributed by atoms with Gasteiger partial charge >= 0.3 is 0 Å². The van der Waals surface area contributed by atoms with Crippen LogP contribution in [0.1, 0.15) is 56.3 Å². The predicted molar refractivity (Wildman–Crippen MR) is 82.6 cm³/mol. The Morgan fingerprint density at radius 3 is 2.71 bits per heavy atom. The molecule has 1 aliphatic carbocycles. The maximum atomic E-state index is 12.2. The number of rotatable bonds is 5. The van der Waals surface area contributed by atoms with Crippen LogP contribution in [0.2, 0.25) is 0 Å². The van der Waals surface area contributed by atoms with Gasteiger partial charge in [-0.05, 0) is 44.9 Å². The van der Waals surface area contributed by atoms with E-state index in [9.17, 15) is 9.90 Å². The minimum atomic E-state index is -0.736. The summed E-state index contributed by atoms with van der Waals surface area (Å²) in [4.78, 5) is 12.2. The van der Waals surface area contributed by atoms with Gasteiger partial charge in [-0.3, -0.25) is 4.79 Å². The standard InChI is InChI=1S/C17H25NO3/c1-13(2)21-15-8-6-7-14(11-15)16(19)18-12-17(20)9-4-3-5-10-17/h6-8,11,13,20H,3-5,9-10,12H2,1-2H3,(H,18,19). The fourth-order valence-electron chi connectivity index (χ4n) is 2.72. The Kier molecular flexibility index (Phi) is 5.23. The molecule has 2 rings (SSSR count). The summed E-state index contributed by atoms with van der Waals surface area (Å²) in [5, 5.41) is 13.2. The molecule has 2 N–H and O–H groups in total. The Morgan fingerprint density at radius 1 is 1.33 bits per heavy atom. The van der Waals surface area contributed by atoms with Crippen molar-refractivity contribution in [2.45, 2.75) is 57.7 Å². The van der Waals surface area contributed by atoms with E-state index in [1.54, 1.807) is 12.1 Å². The number of nitrogens with one attached hydrogen (secondary N) is 1. The number of benzene rings is 1. The van der Waals surface area contributed by atoms with Crippen molar-refractivity contribution in [1.82, 2.24) is 5.32 Å². The number of ether oxygens (including phenoxy) is 1. The number of amides is 1. The van der Waals surface area contributed by atoms with Gasteiger partial charge in [0.15, 0.2) is 0 Å². The molecule has 1 saturated carbocycles. The molecule has 0 aromatic heterocycles. The Bertz CT molecular complexity index is 479. The average molecular weight is 291 g/mol. The molecule has 0 atom stereocenters. The molecule has 0 heterocycles. The molecule has 0 unspecified atom stereocenters. The van der Waals surface area contributed by atoms with Gasteiger partial charge in [-0.1, -0.05) is 25.3 Å². The van der Waals surface area contributed by atoms with E-state index in [4.69, 9.17) is 4.74 Å². The van der Waals surface area contributed by atoms with Crippen molar-refractivity contribution in [2.75, 3.05) is 6.54 Å². The molecule has 1 fully saturated rings. The second kappa shape index (κ2) is 6.94. The van der Waals surface area contributed by atoms with Crippen molar-refractivity contribution in [1.29, 1.82) is 0 Å². The lowest BCUT2D eigenvalue weighted by Crippen LogP contribution is -2.44. The summed E-state index contributed by atoms with van der Waals surface area (Å²) in [6.07, 6.45) is 4.85. The van der Waals surface area contributed by atoms with Gasteiger partial charge in [0.25, 0.3) is 5.91 Å². The Morgan fingerprint density at radius 2 is 2.05 bits per heavy atom. The molecule has 0 radical (unpaired) electrons. The fraction of sp³-hybridized carbons (Fsp3) is 0.588. The quantitative estimate of drug-likeness (QED) is 0.877. The molecule has 116 valence electrons. The van der Waals surface area contributed by atoms with E-state index in [0.717, 1.165) is 25.7 Å². The highest BCUT2D eigenvalue weighted by molar-refractivity contribution is 5.94. The van der Waals surface area contributed by atoms with Crippen molar-refractivity contribution in [3.8, 4) is 5.75 Å². The zero-order chi connectivity index (χ0) is 15.3. The second-order valence-electron chi connectivity index (χ2n) is 6.16. The van der Waals surface area contributed by atoms with Gasteiger partial charge in [0, 0.05) is 12.1 Å². The third kappa shape index (κ3) is 4.74. The van der Waals surface area contributed by atoms with Crippen molar-refractivity contribution >= 4 is 5.91 Å². The third-order valence-corrected chi connectivity index (χ3v) is 3.83. The molecule has 0 aliphatic heterocycles. The molecule has 4 heteroatoms. The minimum Gasteiger partial charge on any atom is -0.491 e. The Labute approximate surface area is 126 Å². The van der Waals surface area contributed by atoms with Crippen LogP contribution >= 0.6 is 0 Å². The number of aliphatic hydroxyl groups is 1. The average Bonchev–Trinajstić information content (AvgIpc) is 2.45. The summed E-state index contributed by atoms with van der Waals surface area (Å²) in [7, 11) is 0. The normalized spacial score (nSPS) is 17.5. The van der Waals surface area contributed by atoms with E-state index in [1.165, 1.54) is 6.42 Å². The first-order valence-corrected chi connectivity index (χ1v) is 7.76. The predicted octanol–water partition coefficient (Wildman–Crippen LogP) is 2.90. The van der Waals surface area contributed by atoms with Crippen molar-refractivity contribution in [3.05, 3.63) is 29.8 Å². The summed E-state index contributed by atoms with van der Waals surface area (Å²) < 4.78 is 5.59. The third-order valence-electron chi connectivity index (χ3n) is 3.83. The smallest absolute Gasteiger partial charge is 0.251 e. The van der Waals surface area contributed by atoms with E-state index >= 15 is 0 Å².